The van der Waals surface area contributed by atoms with E-state index in [1.165, 1.54) is 4.68 Å². The Morgan fingerprint density at radius 2 is 1.69 bits per heavy atom. The first-order valence-corrected chi connectivity index (χ1v) is 9.84. The van der Waals surface area contributed by atoms with E-state index >= 15 is 0 Å². The van der Waals surface area contributed by atoms with E-state index in [1.807, 2.05) is 26.0 Å². The monoisotopic (exact) mass is 392 g/mol. The lowest BCUT2D eigenvalue weighted by atomic mass is 10.1. The SMILES string of the molecule is CCCCn1nc(C(=O)OCC(=O)c2ccc(CC)cc2)c2ccccc2c1=O. The van der Waals surface area contributed by atoms with Crippen LogP contribution < -0.4 is 5.56 Å². The molecule has 150 valence electrons. The normalized spacial score (nSPS) is 10.8. The molecule has 0 aliphatic carbocycles. The molecule has 1 aromatic heterocycles. The molecule has 6 heteroatoms. The Kier molecular flexibility index (Phi) is 6.54. The highest BCUT2D eigenvalue weighted by Gasteiger charge is 2.19. The summed E-state index contributed by atoms with van der Waals surface area (Å²) in [6, 6.07) is 14.0. The van der Waals surface area contributed by atoms with Gasteiger partial charge in [0, 0.05) is 17.5 Å². The van der Waals surface area contributed by atoms with E-state index < -0.39 is 5.97 Å². The summed E-state index contributed by atoms with van der Waals surface area (Å²) in [5, 5.41) is 5.06. The summed E-state index contributed by atoms with van der Waals surface area (Å²) in [5.74, 6) is -1.01. The molecule has 0 atom stereocenters. The fourth-order valence-electron chi connectivity index (χ4n) is 3.05. The van der Waals surface area contributed by atoms with Gasteiger partial charge in [-0.2, -0.15) is 5.10 Å². The van der Waals surface area contributed by atoms with Gasteiger partial charge in [-0.05, 0) is 24.5 Å². The molecule has 0 aliphatic rings. The van der Waals surface area contributed by atoms with Crippen LogP contribution in [0.25, 0.3) is 10.8 Å². The number of benzene rings is 2. The van der Waals surface area contributed by atoms with E-state index in [0.717, 1.165) is 24.8 Å². The topological polar surface area (TPSA) is 78.3 Å². The first-order valence-electron chi connectivity index (χ1n) is 9.84. The van der Waals surface area contributed by atoms with Crippen LogP contribution >= 0.6 is 0 Å². The largest absolute Gasteiger partial charge is 0.452 e. The molecule has 0 amide bonds. The van der Waals surface area contributed by atoms with Gasteiger partial charge in [0.15, 0.2) is 18.1 Å². The van der Waals surface area contributed by atoms with Gasteiger partial charge >= 0.3 is 5.97 Å². The zero-order valence-corrected chi connectivity index (χ0v) is 16.7. The Labute approximate surface area is 169 Å². The molecule has 0 saturated heterocycles. The Morgan fingerprint density at radius 1 is 1.00 bits per heavy atom. The number of carbonyl (C=O) groups excluding carboxylic acids is 2. The van der Waals surface area contributed by atoms with Crippen LogP contribution in [0.5, 0.6) is 0 Å². The van der Waals surface area contributed by atoms with Gasteiger partial charge in [0.25, 0.3) is 5.56 Å². The predicted octanol–water partition coefficient (Wildman–Crippen LogP) is 3.80. The van der Waals surface area contributed by atoms with Crippen LogP contribution in [0.3, 0.4) is 0 Å². The van der Waals surface area contributed by atoms with Gasteiger partial charge in [0.1, 0.15) is 0 Å². The summed E-state index contributed by atoms with van der Waals surface area (Å²) < 4.78 is 6.54. The second-order valence-corrected chi connectivity index (χ2v) is 6.83. The maximum absolute atomic E-state index is 12.7. The lowest BCUT2D eigenvalue weighted by Gasteiger charge is -2.10. The summed E-state index contributed by atoms with van der Waals surface area (Å²) in [5.41, 5.74) is 1.42. The maximum atomic E-state index is 12.7. The number of esters is 1. The summed E-state index contributed by atoms with van der Waals surface area (Å²) in [6.45, 7) is 4.09. The van der Waals surface area contributed by atoms with Crippen molar-refractivity contribution in [1.29, 1.82) is 0 Å². The lowest BCUT2D eigenvalue weighted by molar-refractivity contribution is 0.0468. The van der Waals surface area contributed by atoms with Gasteiger partial charge in [-0.1, -0.05) is 62.7 Å². The molecule has 0 fully saturated rings. The highest BCUT2D eigenvalue weighted by Crippen LogP contribution is 2.15. The summed E-state index contributed by atoms with van der Waals surface area (Å²) in [4.78, 5) is 37.6. The highest BCUT2D eigenvalue weighted by atomic mass is 16.5. The molecule has 3 rings (SSSR count). The van der Waals surface area contributed by atoms with Gasteiger partial charge in [0.2, 0.25) is 0 Å². The molecule has 6 nitrogen and oxygen atoms in total. The molecule has 0 unspecified atom stereocenters. The number of hydrogen-bond acceptors (Lipinski definition) is 5. The van der Waals surface area contributed by atoms with Crippen molar-refractivity contribution >= 4 is 22.5 Å². The van der Waals surface area contributed by atoms with Crippen molar-refractivity contribution < 1.29 is 14.3 Å². The van der Waals surface area contributed by atoms with Crippen LogP contribution in [0.1, 0.15) is 53.1 Å². The molecule has 1 heterocycles. The molecule has 29 heavy (non-hydrogen) atoms. The summed E-state index contributed by atoms with van der Waals surface area (Å²) >= 11 is 0. The number of aryl methyl sites for hydroxylation is 2. The Hall–Kier alpha value is -3.28. The third kappa shape index (κ3) is 4.59. The first-order chi connectivity index (χ1) is 14.0. The Balaban J connectivity index is 1.83. The number of rotatable bonds is 8. The Morgan fingerprint density at radius 3 is 2.34 bits per heavy atom. The maximum Gasteiger partial charge on any atom is 0.359 e. The first kappa shape index (κ1) is 20.5. The van der Waals surface area contributed by atoms with E-state index in [4.69, 9.17) is 4.74 Å². The zero-order valence-electron chi connectivity index (χ0n) is 16.7. The van der Waals surface area contributed by atoms with Crippen LogP contribution in [0.4, 0.5) is 0 Å². The summed E-state index contributed by atoms with van der Waals surface area (Å²) in [6.07, 6.45) is 2.55. The molecule has 0 spiro atoms. The zero-order chi connectivity index (χ0) is 20.8. The van der Waals surface area contributed by atoms with Gasteiger partial charge in [-0.15, -0.1) is 0 Å². The van der Waals surface area contributed by atoms with E-state index in [1.54, 1.807) is 36.4 Å². The second kappa shape index (κ2) is 9.28. The van der Waals surface area contributed by atoms with Crippen molar-refractivity contribution in [1.82, 2.24) is 9.78 Å². The fraction of sp³-hybridized carbons (Fsp3) is 0.304. The Bertz CT molecular complexity index is 1080. The number of ketones is 1. The van der Waals surface area contributed by atoms with E-state index in [9.17, 15) is 14.4 Å². The number of hydrogen-bond donors (Lipinski definition) is 0. The minimum Gasteiger partial charge on any atom is -0.452 e. The van der Waals surface area contributed by atoms with Gasteiger partial charge in [0.05, 0.1) is 5.39 Å². The molecule has 0 aliphatic heterocycles. The molecule has 3 aromatic rings. The minimum absolute atomic E-state index is 0.0467. The number of fused-ring (bicyclic) bond motifs is 1. The van der Waals surface area contributed by atoms with E-state index in [-0.39, 0.29) is 23.6 Å². The highest BCUT2D eigenvalue weighted by molar-refractivity contribution is 6.04. The second-order valence-electron chi connectivity index (χ2n) is 6.83. The molecular weight excluding hydrogens is 368 g/mol. The van der Waals surface area contributed by atoms with Crippen molar-refractivity contribution in [3.63, 3.8) is 0 Å². The average Bonchev–Trinajstić information content (AvgIpc) is 2.77. The van der Waals surface area contributed by atoms with Gasteiger partial charge in [-0.25, -0.2) is 9.48 Å². The molecular formula is C23H24N2O4. The number of unbranched alkanes of at least 4 members (excludes halogenated alkanes) is 1. The number of aromatic nitrogens is 2. The van der Waals surface area contributed by atoms with Crippen molar-refractivity contribution in [3.05, 3.63) is 75.7 Å². The molecule has 0 N–H and O–H groups in total. The summed E-state index contributed by atoms with van der Waals surface area (Å²) in [7, 11) is 0. The van der Waals surface area contributed by atoms with Crippen LogP contribution in [-0.2, 0) is 17.7 Å². The lowest BCUT2D eigenvalue weighted by Crippen LogP contribution is -2.27. The van der Waals surface area contributed by atoms with Gasteiger partial charge < -0.3 is 4.74 Å². The molecule has 0 radical (unpaired) electrons. The quantitative estimate of drug-likeness (QED) is 0.430. The smallest absolute Gasteiger partial charge is 0.359 e. The molecule has 0 saturated carbocycles. The van der Waals surface area contributed by atoms with Crippen molar-refractivity contribution in [3.8, 4) is 0 Å². The van der Waals surface area contributed by atoms with E-state index in [0.29, 0.717) is 22.9 Å². The van der Waals surface area contributed by atoms with Gasteiger partial charge in [-0.3, -0.25) is 9.59 Å². The minimum atomic E-state index is -0.718. The standard InChI is InChI=1S/C23H24N2O4/c1-3-5-14-25-22(27)19-9-7-6-8-18(19)21(24-25)23(28)29-15-20(26)17-12-10-16(4-2)11-13-17/h6-13H,3-5,14-15H2,1-2H3. The van der Waals surface area contributed by atoms with E-state index in [2.05, 4.69) is 5.10 Å². The molecule has 0 bridgehead atoms. The predicted molar refractivity (Wildman–Crippen MR) is 111 cm³/mol. The average molecular weight is 392 g/mol. The number of carbonyl (C=O) groups is 2. The number of Topliss-reactive ketones (excluding diaryl/α,β-unsaturated/α-hetero) is 1. The third-order valence-corrected chi connectivity index (χ3v) is 4.80. The fourth-order valence-corrected chi connectivity index (χ4v) is 3.05. The van der Waals surface area contributed by atoms with Crippen molar-refractivity contribution in [2.45, 2.75) is 39.7 Å². The third-order valence-electron chi connectivity index (χ3n) is 4.80. The number of nitrogens with zero attached hydrogens (tertiary/aromatic N) is 2. The van der Waals surface area contributed by atoms with Crippen LogP contribution in [0, 0.1) is 0 Å². The van der Waals surface area contributed by atoms with Crippen LogP contribution in [-0.4, -0.2) is 28.1 Å². The van der Waals surface area contributed by atoms with Crippen LogP contribution in [0.2, 0.25) is 0 Å². The molecule has 2 aromatic carbocycles. The van der Waals surface area contributed by atoms with Crippen molar-refractivity contribution in [2.24, 2.45) is 0 Å². The van der Waals surface area contributed by atoms with Crippen LogP contribution in [0.15, 0.2) is 53.3 Å². The van der Waals surface area contributed by atoms with Crippen molar-refractivity contribution in [2.75, 3.05) is 6.61 Å². The number of ether oxygens (including phenoxy) is 1.